The SMILES string of the molecule is CCCCOc1ccc(C(=O)OCC(=O)Nc2cc([N+](=O)[O-])ccc2F)cc1OC. The maximum atomic E-state index is 13.7. The number of nitro groups is 1. The fraction of sp³-hybridized carbons (Fsp3) is 0.300. The molecule has 0 saturated carbocycles. The Balaban J connectivity index is 1.97. The number of rotatable bonds is 10. The first-order valence-corrected chi connectivity index (χ1v) is 9.07. The first-order valence-electron chi connectivity index (χ1n) is 9.07. The molecule has 2 aromatic carbocycles. The Morgan fingerprint density at radius 1 is 1.17 bits per heavy atom. The van der Waals surface area contributed by atoms with Gasteiger partial charge in [-0.05, 0) is 30.7 Å². The van der Waals surface area contributed by atoms with Crippen LogP contribution in [-0.2, 0) is 9.53 Å². The second kappa shape index (κ2) is 10.7. The van der Waals surface area contributed by atoms with Crippen LogP contribution >= 0.6 is 0 Å². The number of hydrogen-bond acceptors (Lipinski definition) is 7. The number of hydrogen-bond donors (Lipinski definition) is 1. The number of ether oxygens (including phenoxy) is 3. The van der Waals surface area contributed by atoms with Crippen LogP contribution in [0.2, 0.25) is 0 Å². The summed E-state index contributed by atoms with van der Waals surface area (Å²) in [6, 6.07) is 7.14. The van der Waals surface area contributed by atoms with E-state index in [0.29, 0.717) is 18.1 Å². The molecule has 0 aliphatic carbocycles. The average molecular weight is 420 g/mol. The third-order valence-corrected chi connectivity index (χ3v) is 3.92. The molecule has 0 aromatic heterocycles. The lowest BCUT2D eigenvalue weighted by Crippen LogP contribution is -2.21. The topological polar surface area (TPSA) is 117 Å². The third-order valence-electron chi connectivity index (χ3n) is 3.92. The molecule has 0 unspecified atom stereocenters. The van der Waals surface area contributed by atoms with Gasteiger partial charge in [-0.1, -0.05) is 13.3 Å². The number of halogens is 1. The summed E-state index contributed by atoms with van der Waals surface area (Å²) in [4.78, 5) is 34.2. The predicted octanol–water partition coefficient (Wildman–Crippen LogP) is 3.72. The zero-order valence-corrected chi connectivity index (χ0v) is 16.5. The van der Waals surface area contributed by atoms with Gasteiger partial charge in [0, 0.05) is 12.1 Å². The summed E-state index contributed by atoms with van der Waals surface area (Å²) < 4.78 is 29.4. The van der Waals surface area contributed by atoms with Gasteiger partial charge in [0.15, 0.2) is 18.1 Å². The Labute approximate surface area is 171 Å². The van der Waals surface area contributed by atoms with Crippen LogP contribution in [0, 0.1) is 15.9 Å². The molecule has 2 aromatic rings. The smallest absolute Gasteiger partial charge is 0.338 e. The van der Waals surface area contributed by atoms with Crippen LogP contribution in [0.1, 0.15) is 30.1 Å². The van der Waals surface area contributed by atoms with E-state index in [4.69, 9.17) is 14.2 Å². The number of carbonyl (C=O) groups excluding carboxylic acids is 2. The molecule has 160 valence electrons. The van der Waals surface area contributed by atoms with Crippen LogP contribution in [-0.4, -0.2) is 37.1 Å². The van der Waals surface area contributed by atoms with Gasteiger partial charge in [-0.25, -0.2) is 9.18 Å². The van der Waals surface area contributed by atoms with E-state index in [-0.39, 0.29) is 11.3 Å². The highest BCUT2D eigenvalue weighted by molar-refractivity contribution is 5.96. The number of nitrogens with one attached hydrogen (secondary N) is 1. The van der Waals surface area contributed by atoms with E-state index in [1.54, 1.807) is 6.07 Å². The molecule has 9 nitrogen and oxygen atoms in total. The Hall–Kier alpha value is -3.69. The van der Waals surface area contributed by atoms with Crippen molar-refractivity contribution in [1.82, 2.24) is 0 Å². The lowest BCUT2D eigenvalue weighted by Gasteiger charge is -2.12. The fourth-order valence-electron chi connectivity index (χ4n) is 2.36. The lowest BCUT2D eigenvalue weighted by molar-refractivity contribution is -0.384. The maximum absolute atomic E-state index is 13.7. The van der Waals surface area contributed by atoms with Crippen molar-refractivity contribution in [2.24, 2.45) is 0 Å². The predicted molar refractivity (Wildman–Crippen MR) is 105 cm³/mol. The van der Waals surface area contributed by atoms with E-state index < -0.39 is 34.9 Å². The highest BCUT2D eigenvalue weighted by Gasteiger charge is 2.16. The van der Waals surface area contributed by atoms with Gasteiger partial charge in [-0.2, -0.15) is 0 Å². The molecule has 0 radical (unpaired) electrons. The van der Waals surface area contributed by atoms with Crippen molar-refractivity contribution in [3.63, 3.8) is 0 Å². The summed E-state index contributed by atoms with van der Waals surface area (Å²) in [6.45, 7) is 1.83. The first-order chi connectivity index (χ1) is 14.3. The summed E-state index contributed by atoms with van der Waals surface area (Å²) in [5.41, 5.74) is -0.651. The molecular weight excluding hydrogens is 399 g/mol. The number of esters is 1. The van der Waals surface area contributed by atoms with Crippen molar-refractivity contribution in [3.05, 3.63) is 57.9 Å². The highest BCUT2D eigenvalue weighted by atomic mass is 19.1. The van der Waals surface area contributed by atoms with Gasteiger partial charge in [-0.15, -0.1) is 0 Å². The molecule has 1 amide bonds. The van der Waals surface area contributed by atoms with Crippen molar-refractivity contribution in [1.29, 1.82) is 0 Å². The van der Waals surface area contributed by atoms with Crippen molar-refractivity contribution in [2.45, 2.75) is 19.8 Å². The molecule has 2 rings (SSSR count). The standard InChI is InChI=1S/C20H21FN2O7/c1-3-4-9-29-17-8-5-13(10-18(17)28-2)20(25)30-12-19(24)22-16-11-14(23(26)27)6-7-15(16)21/h5-8,10-11H,3-4,9,12H2,1-2H3,(H,22,24). The Morgan fingerprint density at radius 2 is 1.93 bits per heavy atom. The summed E-state index contributed by atoms with van der Waals surface area (Å²) in [5, 5.41) is 12.9. The number of carbonyl (C=O) groups is 2. The van der Waals surface area contributed by atoms with Gasteiger partial charge in [0.1, 0.15) is 5.82 Å². The fourth-order valence-corrected chi connectivity index (χ4v) is 2.36. The molecule has 0 aliphatic rings. The van der Waals surface area contributed by atoms with Crippen LogP contribution in [0.15, 0.2) is 36.4 Å². The average Bonchev–Trinajstić information content (AvgIpc) is 2.73. The Morgan fingerprint density at radius 3 is 2.60 bits per heavy atom. The molecular formula is C20H21FN2O7. The molecule has 1 N–H and O–H groups in total. The zero-order valence-electron chi connectivity index (χ0n) is 16.5. The molecule has 0 heterocycles. The molecule has 0 bridgehead atoms. The number of amides is 1. The molecule has 10 heteroatoms. The molecule has 0 fully saturated rings. The molecule has 0 aliphatic heterocycles. The van der Waals surface area contributed by atoms with Crippen LogP contribution in [0.4, 0.5) is 15.8 Å². The maximum Gasteiger partial charge on any atom is 0.338 e. The Kier molecular flexibility index (Phi) is 8.09. The van der Waals surface area contributed by atoms with Gasteiger partial charge in [0.05, 0.1) is 29.9 Å². The molecule has 0 atom stereocenters. The van der Waals surface area contributed by atoms with E-state index in [1.807, 2.05) is 6.92 Å². The number of non-ortho nitro benzene ring substituents is 1. The Bertz CT molecular complexity index is 933. The summed E-state index contributed by atoms with van der Waals surface area (Å²) in [5.74, 6) is -1.70. The van der Waals surface area contributed by atoms with E-state index in [1.165, 1.54) is 19.2 Å². The van der Waals surface area contributed by atoms with Crippen molar-refractivity contribution in [2.75, 3.05) is 25.6 Å². The quantitative estimate of drug-likeness (QED) is 0.269. The van der Waals surface area contributed by atoms with Crippen molar-refractivity contribution in [3.8, 4) is 11.5 Å². The van der Waals surface area contributed by atoms with Crippen LogP contribution in [0.25, 0.3) is 0 Å². The van der Waals surface area contributed by atoms with Gasteiger partial charge in [-0.3, -0.25) is 14.9 Å². The van der Waals surface area contributed by atoms with E-state index >= 15 is 0 Å². The second-order valence-corrected chi connectivity index (χ2v) is 6.11. The zero-order chi connectivity index (χ0) is 22.1. The summed E-state index contributed by atoms with van der Waals surface area (Å²) in [7, 11) is 1.43. The monoisotopic (exact) mass is 420 g/mol. The number of anilines is 1. The summed E-state index contributed by atoms with van der Waals surface area (Å²) in [6.07, 6.45) is 1.84. The van der Waals surface area contributed by atoms with Crippen LogP contribution in [0.3, 0.4) is 0 Å². The number of unbranched alkanes of at least 4 members (excludes halogenated alkanes) is 1. The molecule has 0 spiro atoms. The number of nitrogens with zero attached hydrogens (tertiary/aromatic N) is 1. The minimum Gasteiger partial charge on any atom is -0.493 e. The van der Waals surface area contributed by atoms with Crippen molar-refractivity contribution >= 4 is 23.3 Å². The first kappa shape index (κ1) is 22.6. The van der Waals surface area contributed by atoms with Gasteiger partial charge in [0.25, 0.3) is 11.6 Å². The third kappa shape index (κ3) is 6.16. The minimum absolute atomic E-state index is 0.129. The number of methoxy groups -OCH3 is 1. The summed E-state index contributed by atoms with van der Waals surface area (Å²) >= 11 is 0. The van der Waals surface area contributed by atoms with Gasteiger partial charge >= 0.3 is 5.97 Å². The molecule has 30 heavy (non-hydrogen) atoms. The lowest BCUT2D eigenvalue weighted by atomic mass is 10.2. The second-order valence-electron chi connectivity index (χ2n) is 6.11. The van der Waals surface area contributed by atoms with E-state index in [9.17, 15) is 24.1 Å². The largest absolute Gasteiger partial charge is 0.493 e. The number of benzene rings is 2. The van der Waals surface area contributed by atoms with Gasteiger partial charge in [0.2, 0.25) is 0 Å². The van der Waals surface area contributed by atoms with Crippen LogP contribution in [0.5, 0.6) is 11.5 Å². The van der Waals surface area contributed by atoms with E-state index in [0.717, 1.165) is 31.0 Å². The number of nitro benzene ring substituents is 1. The normalized spacial score (nSPS) is 10.2. The van der Waals surface area contributed by atoms with Crippen molar-refractivity contribution < 1.29 is 33.1 Å². The van der Waals surface area contributed by atoms with Gasteiger partial charge < -0.3 is 19.5 Å². The minimum atomic E-state index is -0.858. The van der Waals surface area contributed by atoms with Crippen LogP contribution < -0.4 is 14.8 Å². The highest BCUT2D eigenvalue weighted by Crippen LogP contribution is 2.28. The molecule has 0 saturated heterocycles. The van der Waals surface area contributed by atoms with E-state index in [2.05, 4.69) is 5.32 Å².